The standard InChI is InChI=1S/C9H14N2S/c1-7(12)6-11-9-5-3-2-4-8(9)10/h2-5,7,11-12H,6,10H2,1H3. The second-order valence-electron chi connectivity index (χ2n) is 2.82. The Balaban J connectivity index is 2.57. The van der Waals surface area contributed by atoms with E-state index in [9.17, 15) is 0 Å². The number of para-hydroxylation sites is 2. The van der Waals surface area contributed by atoms with Crippen molar-refractivity contribution < 1.29 is 0 Å². The van der Waals surface area contributed by atoms with Crippen molar-refractivity contribution in [3.05, 3.63) is 24.3 Å². The third-order valence-corrected chi connectivity index (χ3v) is 1.73. The number of hydrogen-bond acceptors (Lipinski definition) is 3. The molecule has 3 heteroatoms. The van der Waals surface area contributed by atoms with Gasteiger partial charge in [-0.2, -0.15) is 12.6 Å². The lowest BCUT2D eigenvalue weighted by Crippen LogP contribution is -2.11. The summed E-state index contributed by atoms with van der Waals surface area (Å²) in [5, 5.41) is 3.55. The Labute approximate surface area is 78.6 Å². The molecule has 0 aromatic heterocycles. The molecule has 0 saturated carbocycles. The summed E-state index contributed by atoms with van der Waals surface area (Å²) >= 11 is 4.26. The molecule has 1 unspecified atom stereocenters. The van der Waals surface area contributed by atoms with Gasteiger partial charge in [-0.05, 0) is 12.1 Å². The van der Waals surface area contributed by atoms with Gasteiger partial charge in [-0.25, -0.2) is 0 Å². The maximum atomic E-state index is 5.72. The fourth-order valence-corrected chi connectivity index (χ4v) is 1.01. The monoisotopic (exact) mass is 182 g/mol. The van der Waals surface area contributed by atoms with Gasteiger partial charge in [0.05, 0.1) is 11.4 Å². The van der Waals surface area contributed by atoms with Crippen LogP contribution >= 0.6 is 12.6 Å². The Hall–Kier alpha value is -0.830. The zero-order chi connectivity index (χ0) is 8.97. The first kappa shape index (κ1) is 9.26. The minimum atomic E-state index is 0.338. The van der Waals surface area contributed by atoms with Crippen LogP contribution in [0.25, 0.3) is 0 Å². The van der Waals surface area contributed by atoms with Crippen LogP contribution in [0.15, 0.2) is 24.3 Å². The zero-order valence-electron chi connectivity index (χ0n) is 7.12. The summed E-state index contributed by atoms with van der Waals surface area (Å²) in [6.07, 6.45) is 0. The molecule has 0 aliphatic heterocycles. The van der Waals surface area contributed by atoms with E-state index in [4.69, 9.17) is 5.73 Å². The lowest BCUT2D eigenvalue weighted by atomic mass is 10.2. The van der Waals surface area contributed by atoms with Gasteiger partial charge in [0.25, 0.3) is 0 Å². The van der Waals surface area contributed by atoms with Crippen LogP contribution in [0.4, 0.5) is 11.4 Å². The Morgan fingerprint density at radius 2 is 2.17 bits per heavy atom. The predicted octanol–water partition coefficient (Wildman–Crippen LogP) is 2.00. The van der Waals surface area contributed by atoms with Gasteiger partial charge in [0.15, 0.2) is 0 Å². The predicted molar refractivity (Wildman–Crippen MR) is 57.8 cm³/mol. The second-order valence-corrected chi connectivity index (χ2v) is 3.70. The maximum Gasteiger partial charge on any atom is 0.0574 e. The van der Waals surface area contributed by atoms with Crippen LogP contribution in [0.1, 0.15) is 6.92 Å². The normalized spacial score (nSPS) is 12.5. The van der Waals surface area contributed by atoms with Gasteiger partial charge in [-0.15, -0.1) is 0 Å². The van der Waals surface area contributed by atoms with E-state index in [0.29, 0.717) is 5.25 Å². The summed E-state index contributed by atoms with van der Waals surface area (Å²) in [4.78, 5) is 0. The summed E-state index contributed by atoms with van der Waals surface area (Å²) in [6, 6.07) is 7.73. The van der Waals surface area contributed by atoms with Crippen LogP contribution in [-0.4, -0.2) is 11.8 Å². The molecule has 0 saturated heterocycles. The molecular formula is C9H14N2S. The topological polar surface area (TPSA) is 38.0 Å². The molecule has 0 spiro atoms. The third kappa shape index (κ3) is 2.66. The van der Waals surface area contributed by atoms with Crippen molar-refractivity contribution in [2.45, 2.75) is 12.2 Å². The summed E-state index contributed by atoms with van der Waals surface area (Å²) in [5.74, 6) is 0. The Bertz CT molecular complexity index is 248. The van der Waals surface area contributed by atoms with Crippen LogP contribution in [0.3, 0.4) is 0 Å². The fourth-order valence-electron chi connectivity index (χ4n) is 0.916. The Kier molecular flexibility index (Phi) is 3.29. The minimum absolute atomic E-state index is 0.338. The largest absolute Gasteiger partial charge is 0.397 e. The zero-order valence-corrected chi connectivity index (χ0v) is 8.01. The van der Waals surface area contributed by atoms with Crippen molar-refractivity contribution >= 4 is 24.0 Å². The lowest BCUT2D eigenvalue weighted by molar-refractivity contribution is 1.01. The summed E-state index contributed by atoms with van der Waals surface area (Å²) in [5.41, 5.74) is 7.49. The molecule has 0 radical (unpaired) electrons. The van der Waals surface area contributed by atoms with E-state index >= 15 is 0 Å². The molecule has 0 aliphatic rings. The van der Waals surface area contributed by atoms with Crippen molar-refractivity contribution in [3.8, 4) is 0 Å². The lowest BCUT2D eigenvalue weighted by Gasteiger charge is -2.10. The molecule has 0 heterocycles. The molecule has 1 aromatic carbocycles. The van der Waals surface area contributed by atoms with Crippen LogP contribution in [0.2, 0.25) is 0 Å². The van der Waals surface area contributed by atoms with Crippen LogP contribution < -0.4 is 11.1 Å². The van der Waals surface area contributed by atoms with Crippen molar-refractivity contribution in [2.24, 2.45) is 0 Å². The summed E-state index contributed by atoms with van der Waals surface area (Å²) in [6.45, 7) is 2.87. The summed E-state index contributed by atoms with van der Waals surface area (Å²) in [7, 11) is 0. The van der Waals surface area contributed by atoms with Crippen LogP contribution in [-0.2, 0) is 0 Å². The third-order valence-electron chi connectivity index (χ3n) is 1.55. The van der Waals surface area contributed by atoms with E-state index in [1.54, 1.807) is 0 Å². The second kappa shape index (κ2) is 4.26. The van der Waals surface area contributed by atoms with Crippen molar-refractivity contribution in [2.75, 3.05) is 17.6 Å². The van der Waals surface area contributed by atoms with E-state index in [0.717, 1.165) is 17.9 Å². The fraction of sp³-hybridized carbons (Fsp3) is 0.333. The first-order valence-electron chi connectivity index (χ1n) is 3.96. The van der Waals surface area contributed by atoms with Crippen molar-refractivity contribution in [1.29, 1.82) is 0 Å². The molecule has 3 N–H and O–H groups in total. The average molecular weight is 182 g/mol. The number of nitrogen functional groups attached to an aromatic ring is 1. The van der Waals surface area contributed by atoms with Crippen molar-refractivity contribution in [3.63, 3.8) is 0 Å². The highest BCUT2D eigenvalue weighted by molar-refractivity contribution is 7.80. The first-order chi connectivity index (χ1) is 5.70. The number of nitrogens with two attached hydrogens (primary N) is 1. The smallest absolute Gasteiger partial charge is 0.0574 e. The van der Waals surface area contributed by atoms with E-state index < -0.39 is 0 Å². The molecule has 1 rings (SSSR count). The Morgan fingerprint density at radius 3 is 2.75 bits per heavy atom. The number of benzene rings is 1. The van der Waals surface area contributed by atoms with Crippen molar-refractivity contribution in [1.82, 2.24) is 0 Å². The highest BCUT2D eigenvalue weighted by atomic mass is 32.1. The number of hydrogen-bond donors (Lipinski definition) is 3. The quantitative estimate of drug-likeness (QED) is 0.494. The maximum absolute atomic E-state index is 5.72. The highest BCUT2D eigenvalue weighted by Crippen LogP contribution is 2.16. The van der Waals surface area contributed by atoms with Gasteiger partial charge >= 0.3 is 0 Å². The molecular weight excluding hydrogens is 168 g/mol. The van der Waals surface area contributed by atoms with E-state index in [1.807, 2.05) is 31.2 Å². The van der Waals surface area contributed by atoms with Gasteiger partial charge in [-0.3, -0.25) is 0 Å². The van der Waals surface area contributed by atoms with E-state index in [2.05, 4.69) is 17.9 Å². The molecule has 0 bridgehead atoms. The van der Waals surface area contributed by atoms with Gasteiger partial charge in [-0.1, -0.05) is 19.1 Å². The number of rotatable bonds is 3. The number of anilines is 2. The van der Waals surface area contributed by atoms with Crippen LogP contribution in [0.5, 0.6) is 0 Å². The van der Waals surface area contributed by atoms with Gasteiger partial charge < -0.3 is 11.1 Å². The van der Waals surface area contributed by atoms with Gasteiger partial charge in [0.2, 0.25) is 0 Å². The Morgan fingerprint density at radius 1 is 1.50 bits per heavy atom. The van der Waals surface area contributed by atoms with Gasteiger partial charge in [0, 0.05) is 11.8 Å². The molecule has 0 amide bonds. The molecule has 2 nitrogen and oxygen atoms in total. The van der Waals surface area contributed by atoms with E-state index in [1.165, 1.54) is 0 Å². The molecule has 1 aromatic rings. The van der Waals surface area contributed by atoms with Crippen LogP contribution in [0, 0.1) is 0 Å². The molecule has 0 aliphatic carbocycles. The minimum Gasteiger partial charge on any atom is -0.397 e. The summed E-state index contributed by atoms with van der Waals surface area (Å²) < 4.78 is 0. The van der Waals surface area contributed by atoms with Gasteiger partial charge in [0.1, 0.15) is 0 Å². The average Bonchev–Trinajstić information content (AvgIpc) is 2.03. The molecule has 66 valence electrons. The molecule has 1 atom stereocenters. The highest BCUT2D eigenvalue weighted by Gasteiger charge is 1.97. The molecule has 12 heavy (non-hydrogen) atoms. The molecule has 0 fully saturated rings. The number of nitrogens with one attached hydrogen (secondary N) is 1. The SMILES string of the molecule is CC(S)CNc1ccccc1N. The first-order valence-corrected chi connectivity index (χ1v) is 4.48. The van der Waals surface area contributed by atoms with E-state index in [-0.39, 0.29) is 0 Å². The number of thiol groups is 1.